The Hall–Kier alpha value is -4.22. The van der Waals surface area contributed by atoms with E-state index in [1.807, 2.05) is 32.6 Å². The van der Waals surface area contributed by atoms with E-state index in [0.29, 0.717) is 48.9 Å². The normalized spacial score (nSPS) is 17.3. The molecule has 1 aromatic heterocycles. The summed E-state index contributed by atoms with van der Waals surface area (Å²) in [5.41, 5.74) is 1.55. The number of carbonyl (C=O) groups is 4. The Morgan fingerprint density at radius 2 is 1.82 bits per heavy atom. The fourth-order valence-electron chi connectivity index (χ4n) is 5.36. The minimum atomic E-state index is -1.09. The lowest BCUT2D eigenvalue weighted by Gasteiger charge is -2.29. The van der Waals surface area contributed by atoms with Gasteiger partial charge in [-0.1, -0.05) is 12.1 Å². The molecule has 0 unspecified atom stereocenters. The largest absolute Gasteiger partial charge is 0.480 e. The molecule has 4 rings (SSSR count). The number of rotatable bonds is 11. The van der Waals surface area contributed by atoms with Gasteiger partial charge < -0.3 is 25.1 Å². The predicted octanol–water partition coefficient (Wildman–Crippen LogP) is 3.12. The van der Waals surface area contributed by atoms with Crippen molar-refractivity contribution in [2.75, 3.05) is 39.7 Å². The first-order chi connectivity index (χ1) is 19.1. The first-order valence-corrected chi connectivity index (χ1v) is 13.7. The number of amides is 4. The number of benzene rings is 1. The molecular weight excluding hydrogens is 514 g/mol. The van der Waals surface area contributed by atoms with Crippen molar-refractivity contribution in [3.05, 3.63) is 36.0 Å². The first-order valence-electron chi connectivity index (χ1n) is 13.7. The van der Waals surface area contributed by atoms with E-state index in [1.54, 1.807) is 35.4 Å². The average molecular weight is 552 g/mol. The second-order valence-electron chi connectivity index (χ2n) is 10.3. The Bertz CT molecular complexity index is 1260. The highest BCUT2D eigenvalue weighted by molar-refractivity contribution is 6.21. The van der Waals surface area contributed by atoms with Gasteiger partial charge in [-0.15, -0.1) is 0 Å². The van der Waals surface area contributed by atoms with Gasteiger partial charge in [-0.25, -0.2) is 19.5 Å². The maximum Gasteiger partial charge on any atom is 0.332 e. The van der Waals surface area contributed by atoms with E-state index in [2.05, 4.69) is 15.3 Å². The Balaban J connectivity index is 1.60. The SMILES string of the molecule is CCN(CC)c1ncc(N(C(C)=O)C(C)C)c(N[C@@H](Cc2ccc(N3C(=O)[C@H]4CCCN4C3=O)cc2)C(=O)O)n1. The molecule has 12 heteroatoms. The van der Waals surface area contributed by atoms with Crippen molar-refractivity contribution in [1.82, 2.24) is 14.9 Å². The van der Waals surface area contributed by atoms with Crippen LogP contribution in [0.4, 0.5) is 27.9 Å². The van der Waals surface area contributed by atoms with Gasteiger partial charge in [0.25, 0.3) is 5.91 Å². The monoisotopic (exact) mass is 551 g/mol. The molecule has 0 spiro atoms. The van der Waals surface area contributed by atoms with Crippen molar-refractivity contribution >= 4 is 47.0 Å². The first kappa shape index (κ1) is 28.8. The molecule has 214 valence electrons. The van der Waals surface area contributed by atoms with E-state index in [0.717, 1.165) is 6.42 Å². The van der Waals surface area contributed by atoms with E-state index in [9.17, 15) is 24.3 Å². The summed E-state index contributed by atoms with van der Waals surface area (Å²) < 4.78 is 0. The van der Waals surface area contributed by atoms with E-state index >= 15 is 0 Å². The Kier molecular flexibility index (Phi) is 8.55. The number of imide groups is 1. The van der Waals surface area contributed by atoms with Crippen molar-refractivity contribution in [2.24, 2.45) is 0 Å². The van der Waals surface area contributed by atoms with E-state index in [1.165, 1.54) is 16.7 Å². The molecule has 1 aromatic carbocycles. The summed E-state index contributed by atoms with van der Waals surface area (Å²) in [6.07, 6.45) is 3.14. The van der Waals surface area contributed by atoms with Crippen LogP contribution in [-0.4, -0.2) is 81.5 Å². The minimum Gasteiger partial charge on any atom is -0.480 e. The molecule has 0 bridgehead atoms. The molecule has 0 saturated carbocycles. The molecule has 2 N–H and O–H groups in total. The summed E-state index contributed by atoms with van der Waals surface area (Å²) in [5, 5.41) is 13.1. The predicted molar refractivity (Wildman–Crippen MR) is 152 cm³/mol. The lowest BCUT2D eigenvalue weighted by Crippen LogP contribution is -2.38. The molecule has 2 aromatic rings. The highest BCUT2D eigenvalue weighted by atomic mass is 16.4. The van der Waals surface area contributed by atoms with E-state index in [-0.39, 0.29) is 36.1 Å². The maximum absolute atomic E-state index is 12.8. The number of aliphatic carboxylic acids is 1. The number of nitrogens with one attached hydrogen (secondary N) is 1. The fourth-order valence-corrected chi connectivity index (χ4v) is 5.36. The van der Waals surface area contributed by atoms with Gasteiger partial charge in [0.1, 0.15) is 17.8 Å². The number of aromatic nitrogens is 2. The quantitative estimate of drug-likeness (QED) is 0.403. The third-order valence-corrected chi connectivity index (χ3v) is 7.36. The Labute approximate surface area is 234 Å². The van der Waals surface area contributed by atoms with Gasteiger partial charge in [0.2, 0.25) is 11.9 Å². The number of carboxylic acid groups (broad SMARTS) is 1. The zero-order valence-electron chi connectivity index (χ0n) is 23.6. The number of fused-ring (bicyclic) bond motifs is 1. The van der Waals surface area contributed by atoms with Crippen LogP contribution in [0.5, 0.6) is 0 Å². The van der Waals surface area contributed by atoms with Crippen LogP contribution in [0.3, 0.4) is 0 Å². The standard InChI is InChI=1S/C28H37N7O5/c1-6-32(7-2)27-29-16-23(34(17(3)4)18(5)36)24(31-27)30-21(26(38)39)15-19-10-12-20(13-11-19)35-25(37)22-9-8-14-33(22)28(35)40/h10-13,16-17,21-22H,6-9,14-15H2,1-5H3,(H,38,39)(H,29,30,31)/t21-,22+/m0/s1. The van der Waals surface area contributed by atoms with Crippen molar-refractivity contribution in [3.63, 3.8) is 0 Å². The van der Waals surface area contributed by atoms with Gasteiger partial charge in [0.15, 0.2) is 5.82 Å². The van der Waals surface area contributed by atoms with Crippen molar-refractivity contribution in [3.8, 4) is 0 Å². The summed E-state index contributed by atoms with van der Waals surface area (Å²) in [6, 6.07) is 4.77. The van der Waals surface area contributed by atoms with E-state index < -0.39 is 18.1 Å². The highest BCUT2D eigenvalue weighted by Gasteiger charge is 2.47. The van der Waals surface area contributed by atoms with Crippen molar-refractivity contribution < 1.29 is 24.3 Å². The third-order valence-electron chi connectivity index (χ3n) is 7.36. The summed E-state index contributed by atoms with van der Waals surface area (Å²) in [6.45, 7) is 11.0. The molecule has 3 heterocycles. The maximum atomic E-state index is 12.8. The van der Waals surface area contributed by atoms with Crippen LogP contribution in [0, 0.1) is 0 Å². The van der Waals surface area contributed by atoms with Crippen LogP contribution in [0.2, 0.25) is 0 Å². The summed E-state index contributed by atoms with van der Waals surface area (Å²) in [5.74, 6) is -0.856. The number of nitrogens with zero attached hydrogens (tertiary/aromatic N) is 6. The molecule has 2 aliphatic heterocycles. The van der Waals surface area contributed by atoms with Crippen LogP contribution in [0.25, 0.3) is 0 Å². The molecule has 40 heavy (non-hydrogen) atoms. The second kappa shape index (κ2) is 11.9. The number of carboxylic acids is 1. The molecular formula is C28H37N7O5. The summed E-state index contributed by atoms with van der Waals surface area (Å²) in [4.78, 5) is 65.7. The van der Waals surface area contributed by atoms with Gasteiger partial charge in [-0.2, -0.15) is 4.98 Å². The highest BCUT2D eigenvalue weighted by Crippen LogP contribution is 2.32. The zero-order valence-corrected chi connectivity index (χ0v) is 23.6. The molecule has 2 fully saturated rings. The van der Waals surface area contributed by atoms with Crippen LogP contribution in [0.1, 0.15) is 53.0 Å². The zero-order chi connectivity index (χ0) is 29.1. The van der Waals surface area contributed by atoms with Gasteiger partial charge >= 0.3 is 12.0 Å². The summed E-state index contributed by atoms with van der Waals surface area (Å²) in [7, 11) is 0. The average Bonchev–Trinajstić information content (AvgIpc) is 3.49. The number of hydrogen-bond donors (Lipinski definition) is 2. The minimum absolute atomic E-state index is 0.0953. The number of carbonyl (C=O) groups excluding carboxylic acids is 3. The van der Waals surface area contributed by atoms with E-state index in [4.69, 9.17) is 0 Å². The third kappa shape index (κ3) is 5.56. The van der Waals surface area contributed by atoms with Crippen LogP contribution in [-0.2, 0) is 20.8 Å². The van der Waals surface area contributed by atoms with Gasteiger partial charge in [-0.3, -0.25) is 9.59 Å². The molecule has 2 atom stereocenters. The smallest absolute Gasteiger partial charge is 0.332 e. The molecule has 2 aliphatic rings. The second-order valence-corrected chi connectivity index (χ2v) is 10.3. The molecule has 4 amide bonds. The van der Waals surface area contributed by atoms with Gasteiger partial charge in [0, 0.05) is 39.0 Å². The number of anilines is 4. The molecule has 12 nitrogen and oxygen atoms in total. The summed E-state index contributed by atoms with van der Waals surface area (Å²) >= 11 is 0. The van der Waals surface area contributed by atoms with Crippen molar-refractivity contribution in [1.29, 1.82) is 0 Å². The van der Waals surface area contributed by atoms with Crippen LogP contribution in [0.15, 0.2) is 30.5 Å². The topological polar surface area (TPSA) is 139 Å². The molecule has 2 saturated heterocycles. The molecule has 0 aliphatic carbocycles. The number of urea groups is 1. The van der Waals surface area contributed by atoms with Crippen LogP contribution < -0.4 is 20.0 Å². The van der Waals surface area contributed by atoms with Gasteiger partial charge in [0.05, 0.1) is 11.9 Å². The van der Waals surface area contributed by atoms with Crippen LogP contribution >= 0.6 is 0 Å². The lowest BCUT2D eigenvalue weighted by atomic mass is 10.0. The Morgan fingerprint density at radius 1 is 1.15 bits per heavy atom. The lowest BCUT2D eigenvalue weighted by molar-refractivity contribution is -0.137. The van der Waals surface area contributed by atoms with Gasteiger partial charge in [-0.05, 0) is 58.2 Å². The van der Waals surface area contributed by atoms with Crippen molar-refractivity contribution in [2.45, 2.75) is 72.0 Å². The fraction of sp³-hybridized carbons (Fsp3) is 0.500. The Morgan fingerprint density at radius 3 is 2.38 bits per heavy atom. The molecule has 0 radical (unpaired) electrons. The number of hydrogen-bond acceptors (Lipinski definition) is 8.